The van der Waals surface area contributed by atoms with Gasteiger partial charge in [0.15, 0.2) is 23.0 Å². The minimum absolute atomic E-state index is 0.00330. The number of aromatic hydroxyl groups is 2. The number of carbonyl (C=O) groups excluding carboxylic acids is 3. The molecule has 3 aromatic rings. The lowest BCUT2D eigenvalue weighted by Gasteiger charge is -2.40. The Bertz CT molecular complexity index is 1780. The molecule has 1 saturated heterocycles. The van der Waals surface area contributed by atoms with E-state index in [1.165, 1.54) is 0 Å². The first-order valence-corrected chi connectivity index (χ1v) is 16.6. The second-order valence-electron chi connectivity index (χ2n) is 14.3. The fourth-order valence-corrected chi connectivity index (χ4v) is 5.48. The molecule has 2 amide bonds. The predicted octanol–water partition coefficient (Wildman–Crippen LogP) is 2.07. The van der Waals surface area contributed by atoms with E-state index >= 15 is 0 Å². The van der Waals surface area contributed by atoms with Crippen molar-refractivity contribution in [3.63, 3.8) is 0 Å². The lowest BCUT2D eigenvalue weighted by atomic mass is 9.96. The zero-order chi connectivity index (χ0) is 37.9. The number of esters is 1. The first-order chi connectivity index (χ1) is 23.8. The summed E-state index contributed by atoms with van der Waals surface area (Å²) in [6.07, 6.45) is -9.61. The first kappa shape index (κ1) is 39.1. The van der Waals surface area contributed by atoms with Crippen molar-refractivity contribution in [3.05, 3.63) is 52.7 Å². The van der Waals surface area contributed by atoms with Crippen LogP contribution in [0, 0.1) is 11.8 Å². The van der Waals surface area contributed by atoms with Crippen LogP contribution in [-0.4, -0.2) is 91.7 Å². The number of benzene rings is 2. The van der Waals surface area contributed by atoms with E-state index in [4.69, 9.17) is 18.6 Å². The van der Waals surface area contributed by atoms with Gasteiger partial charge in [0.05, 0.1) is 0 Å². The summed E-state index contributed by atoms with van der Waals surface area (Å²) >= 11 is 0. The van der Waals surface area contributed by atoms with Crippen LogP contribution in [0.25, 0.3) is 22.3 Å². The van der Waals surface area contributed by atoms with Crippen LogP contribution < -0.4 is 20.8 Å². The van der Waals surface area contributed by atoms with Crippen LogP contribution in [-0.2, 0) is 23.9 Å². The molecule has 0 radical (unpaired) electrons. The molecule has 15 nitrogen and oxygen atoms in total. The maximum Gasteiger partial charge on any atom is 0.329 e. The number of fused-ring (bicyclic) bond motifs is 1. The van der Waals surface area contributed by atoms with Crippen molar-refractivity contribution in [2.24, 2.45) is 11.8 Å². The summed E-state index contributed by atoms with van der Waals surface area (Å²) in [6.45, 7) is 12.1. The number of phenolic OH excluding ortho intramolecular Hbond substituents is 2. The Kier molecular flexibility index (Phi) is 12.0. The van der Waals surface area contributed by atoms with E-state index in [0.717, 1.165) is 12.1 Å². The monoisotopic (exact) mass is 714 g/mol. The highest BCUT2D eigenvalue weighted by atomic mass is 16.7. The molecular formula is C36H46N2O13. The molecule has 0 spiro atoms. The number of amides is 2. The number of ether oxygens (including phenoxy) is 3. The molecule has 0 saturated carbocycles. The van der Waals surface area contributed by atoms with E-state index in [0.29, 0.717) is 5.56 Å². The molecule has 2 heterocycles. The SMILES string of the molecule is CC(C)C[C@@H](NC(=O)[C@@H](NC(=O)[C@H]1O[C@@H](Oc2cc3oc(-c4ccccc4)cc(=O)c3c(O)c2O)[C@@H](O)[C@@H](O)[C@@H]1O)C(C)C)C(=O)OC(C)(C)C. The lowest BCUT2D eigenvalue weighted by molar-refractivity contribution is -0.267. The molecule has 1 fully saturated rings. The molecule has 0 aliphatic carbocycles. The molecule has 7 atom stereocenters. The maximum absolute atomic E-state index is 13.5. The molecule has 1 aliphatic heterocycles. The van der Waals surface area contributed by atoms with Gasteiger partial charge >= 0.3 is 5.97 Å². The summed E-state index contributed by atoms with van der Waals surface area (Å²) in [4.78, 5) is 52.8. The van der Waals surface area contributed by atoms with Crippen molar-refractivity contribution >= 4 is 28.8 Å². The number of aliphatic hydroxyl groups is 3. The van der Waals surface area contributed by atoms with E-state index in [1.54, 1.807) is 65.0 Å². The van der Waals surface area contributed by atoms with Gasteiger partial charge in [0.2, 0.25) is 17.9 Å². The summed E-state index contributed by atoms with van der Waals surface area (Å²) in [5.74, 6) is -5.24. The zero-order valence-electron chi connectivity index (χ0n) is 29.4. The highest BCUT2D eigenvalue weighted by Gasteiger charge is 2.49. The standard InChI is InChI=1S/C36H46N2O13/c1-16(2)13-19(34(47)51-36(5,6)7)37-32(45)25(17(3)4)38-33(46)31-29(43)28(42)30(44)35(50-31)49-23-15-22-24(27(41)26(23)40)20(39)14-21(48-22)18-11-9-8-10-12-18/h8-12,14-17,19,25,28-31,35,40-44H,13H2,1-7H3,(H,37,45)(H,38,46)/t19-,25+,28+,29+,30+,31+,35-/m1/s1. The molecule has 7 N–H and O–H groups in total. The second kappa shape index (κ2) is 15.7. The van der Waals surface area contributed by atoms with Crippen molar-refractivity contribution in [1.29, 1.82) is 0 Å². The predicted molar refractivity (Wildman–Crippen MR) is 183 cm³/mol. The van der Waals surface area contributed by atoms with Crippen LogP contribution in [0.1, 0.15) is 54.9 Å². The Balaban J connectivity index is 1.57. The van der Waals surface area contributed by atoms with Crippen molar-refractivity contribution < 1.29 is 58.5 Å². The summed E-state index contributed by atoms with van der Waals surface area (Å²) < 4.78 is 22.5. The summed E-state index contributed by atoms with van der Waals surface area (Å²) in [7, 11) is 0. The van der Waals surface area contributed by atoms with E-state index < -0.39 is 94.8 Å². The quantitative estimate of drug-likeness (QED) is 0.111. The molecular weight excluding hydrogens is 668 g/mol. The number of phenols is 2. The summed E-state index contributed by atoms with van der Waals surface area (Å²) in [5.41, 5.74) is -1.16. The number of hydrogen-bond donors (Lipinski definition) is 7. The van der Waals surface area contributed by atoms with Gasteiger partial charge in [-0.15, -0.1) is 0 Å². The van der Waals surface area contributed by atoms with Crippen LogP contribution >= 0.6 is 0 Å². The van der Waals surface area contributed by atoms with Crippen LogP contribution in [0.4, 0.5) is 0 Å². The summed E-state index contributed by atoms with van der Waals surface area (Å²) in [5, 5.41) is 58.3. The third-order valence-electron chi connectivity index (χ3n) is 8.02. The van der Waals surface area contributed by atoms with E-state index in [9.17, 15) is 44.7 Å². The van der Waals surface area contributed by atoms with Gasteiger partial charge in [-0.2, -0.15) is 0 Å². The highest BCUT2D eigenvalue weighted by molar-refractivity contribution is 5.92. The highest BCUT2D eigenvalue weighted by Crippen LogP contribution is 2.42. The van der Waals surface area contributed by atoms with Crippen molar-refractivity contribution in [2.45, 2.75) is 103 Å². The van der Waals surface area contributed by atoms with Gasteiger partial charge < -0.3 is 54.8 Å². The van der Waals surface area contributed by atoms with E-state index in [1.807, 2.05) is 13.8 Å². The normalized spacial score (nSPS) is 22.0. The van der Waals surface area contributed by atoms with Crippen LogP contribution in [0.15, 0.2) is 51.7 Å². The van der Waals surface area contributed by atoms with Crippen molar-refractivity contribution in [3.8, 4) is 28.6 Å². The molecule has 4 rings (SSSR count). The number of aliphatic hydroxyl groups excluding tert-OH is 3. The number of nitrogens with one attached hydrogen (secondary N) is 2. The molecule has 0 bridgehead atoms. The molecule has 0 unspecified atom stereocenters. The Morgan fingerprint density at radius 1 is 0.902 bits per heavy atom. The average molecular weight is 715 g/mol. The topological polar surface area (TPSA) is 234 Å². The molecule has 1 aromatic heterocycles. The molecule has 1 aliphatic rings. The Morgan fingerprint density at radius 2 is 1.55 bits per heavy atom. The third kappa shape index (κ3) is 9.16. The average Bonchev–Trinajstić information content (AvgIpc) is 3.04. The fourth-order valence-electron chi connectivity index (χ4n) is 5.48. The van der Waals surface area contributed by atoms with Gasteiger partial charge in [0.25, 0.3) is 5.91 Å². The molecule has 51 heavy (non-hydrogen) atoms. The van der Waals surface area contributed by atoms with Gasteiger partial charge in [-0.1, -0.05) is 58.0 Å². The zero-order valence-corrected chi connectivity index (χ0v) is 29.4. The van der Waals surface area contributed by atoms with E-state index in [2.05, 4.69) is 10.6 Å². The Hall–Kier alpha value is -4.70. The van der Waals surface area contributed by atoms with Crippen LogP contribution in [0.3, 0.4) is 0 Å². The van der Waals surface area contributed by atoms with Gasteiger partial charge in [-0.05, 0) is 39.0 Å². The molecule has 2 aromatic carbocycles. The molecule has 15 heteroatoms. The van der Waals surface area contributed by atoms with Crippen molar-refractivity contribution in [1.82, 2.24) is 10.6 Å². The van der Waals surface area contributed by atoms with Gasteiger partial charge in [-0.3, -0.25) is 14.4 Å². The number of carbonyl (C=O) groups is 3. The number of hydrogen-bond acceptors (Lipinski definition) is 13. The summed E-state index contributed by atoms with van der Waals surface area (Å²) in [6, 6.07) is 8.49. The smallest absolute Gasteiger partial charge is 0.329 e. The minimum Gasteiger partial charge on any atom is -0.504 e. The number of rotatable bonds is 11. The Morgan fingerprint density at radius 3 is 2.14 bits per heavy atom. The maximum atomic E-state index is 13.5. The van der Waals surface area contributed by atoms with Gasteiger partial charge in [0, 0.05) is 17.7 Å². The van der Waals surface area contributed by atoms with Crippen LogP contribution in [0.5, 0.6) is 17.2 Å². The minimum atomic E-state index is -2.02. The van der Waals surface area contributed by atoms with E-state index in [-0.39, 0.29) is 29.1 Å². The first-order valence-electron chi connectivity index (χ1n) is 16.6. The third-order valence-corrected chi connectivity index (χ3v) is 8.02. The van der Waals surface area contributed by atoms with Gasteiger partial charge in [0.1, 0.15) is 52.7 Å². The van der Waals surface area contributed by atoms with Crippen LogP contribution in [0.2, 0.25) is 0 Å². The fraction of sp³-hybridized carbons (Fsp3) is 0.500. The Labute approximate surface area is 294 Å². The van der Waals surface area contributed by atoms with Gasteiger partial charge in [-0.25, -0.2) is 4.79 Å². The second-order valence-corrected chi connectivity index (χ2v) is 14.3. The molecule has 278 valence electrons. The van der Waals surface area contributed by atoms with Crippen molar-refractivity contribution in [2.75, 3.05) is 0 Å². The largest absolute Gasteiger partial charge is 0.504 e. The lowest BCUT2D eigenvalue weighted by Crippen LogP contribution is -2.64.